The fraction of sp³-hybridized carbons (Fsp3) is 0.111. The Kier molecular flexibility index (Phi) is 3.63. The van der Waals surface area contributed by atoms with Crippen molar-refractivity contribution in [3.05, 3.63) is 36.8 Å². The SMILES string of the molecule is O=C1C=CC(=O)N1CO.c1ccoc1. The van der Waals surface area contributed by atoms with Gasteiger partial charge in [0.15, 0.2) is 0 Å². The Bertz CT molecular complexity index is 293. The zero-order valence-electron chi connectivity index (χ0n) is 7.29. The highest BCUT2D eigenvalue weighted by Crippen LogP contribution is 2.00. The van der Waals surface area contributed by atoms with E-state index < -0.39 is 18.5 Å². The largest absolute Gasteiger partial charge is 0.473 e. The molecule has 0 spiro atoms. The predicted octanol–water partition coefficient (Wildman–Crippen LogP) is 0.141. The van der Waals surface area contributed by atoms with Crippen molar-refractivity contribution in [3.8, 4) is 0 Å². The van der Waals surface area contributed by atoms with Crippen LogP contribution in [0.4, 0.5) is 0 Å². The molecule has 1 N–H and O–H groups in total. The zero-order valence-corrected chi connectivity index (χ0v) is 7.29. The minimum Gasteiger partial charge on any atom is -0.473 e. The number of imide groups is 1. The minimum absolute atomic E-state index is 0.456. The summed E-state index contributed by atoms with van der Waals surface area (Å²) in [5.41, 5.74) is 0. The molecule has 1 aromatic rings. The second-order valence-electron chi connectivity index (χ2n) is 2.37. The molecule has 0 radical (unpaired) electrons. The molecule has 0 saturated heterocycles. The van der Waals surface area contributed by atoms with Gasteiger partial charge in [0, 0.05) is 12.2 Å². The van der Waals surface area contributed by atoms with Gasteiger partial charge >= 0.3 is 0 Å². The van der Waals surface area contributed by atoms with Crippen LogP contribution >= 0.6 is 0 Å². The van der Waals surface area contributed by atoms with E-state index in [1.165, 1.54) is 0 Å². The fourth-order valence-electron chi connectivity index (χ4n) is 0.797. The molecule has 0 unspecified atom stereocenters. The Labute approximate surface area is 80.2 Å². The maximum atomic E-state index is 10.5. The summed E-state index contributed by atoms with van der Waals surface area (Å²) in [6.45, 7) is -0.537. The van der Waals surface area contributed by atoms with Crippen LogP contribution in [0.1, 0.15) is 0 Å². The number of hydrogen-bond acceptors (Lipinski definition) is 4. The average molecular weight is 195 g/mol. The Balaban J connectivity index is 0.000000165. The fourth-order valence-corrected chi connectivity index (χ4v) is 0.797. The van der Waals surface area contributed by atoms with Crippen molar-refractivity contribution in [1.29, 1.82) is 0 Å². The first kappa shape index (κ1) is 10.2. The van der Waals surface area contributed by atoms with Crippen molar-refractivity contribution in [3.63, 3.8) is 0 Å². The Morgan fingerprint density at radius 2 is 1.64 bits per heavy atom. The number of aliphatic hydroxyl groups excluding tert-OH is 1. The summed E-state index contributed by atoms with van der Waals surface area (Å²) < 4.78 is 4.58. The zero-order chi connectivity index (χ0) is 10.4. The van der Waals surface area contributed by atoms with Gasteiger partial charge in [-0.25, -0.2) is 0 Å². The van der Waals surface area contributed by atoms with Crippen molar-refractivity contribution in [1.82, 2.24) is 4.90 Å². The van der Waals surface area contributed by atoms with Gasteiger partial charge in [-0.1, -0.05) is 0 Å². The van der Waals surface area contributed by atoms with Crippen LogP contribution in [0.5, 0.6) is 0 Å². The Morgan fingerprint density at radius 1 is 1.14 bits per heavy atom. The first-order valence-corrected chi connectivity index (χ1v) is 3.87. The van der Waals surface area contributed by atoms with Crippen LogP contribution in [0.3, 0.4) is 0 Å². The molecule has 5 heteroatoms. The molecule has 0 bridgehead atoms. The highest BCUT2D eigenvalue weighted by molar-refractivity contribution is 6.12. The first-order chi connectivity index (χ1) is 6.75. The van der Waals surface area contributed by atoms with Gasteiger partial charge in [0.25, 0.3) is 11.8 Å². The summed E-state index contributed by atoms with van der Waals surface area (Å²) in [5.74, 6) is -0.912. The van der Waals surface area contributed by atoms with Gasteiger partial charge in [0.05, 0.1) is 12.5 Å². The molecule has 1 aliphatic heterocycles. The lowest BCUT2D eigenvalue weighted by Gasteiger charge is -2.06. The monoisotopic (exact) mass is 195 g/mol. The Morgan fingerprint density at radius 3 is 1.86 bits per heavy atom. The number of nitrogens with zero attached hydrogens (tertiary/aromatic N) is 1. The van der Waals surface area contributed by atoms with Gasteiger partial charge in [0.1, 0.15) is 6.73 Å². The third-order valence-electron chi connectivity index (χ3n) is 1.47. The van der Waals surface area contributed by atoms with Crippen LogP contribution in [-0.4, -0.2) is 28.6 Å². The van der Waals surface area contributed by atoms with Crippen molar-refractivity contribution in [2.24, 2.45) is 0 Å². The molecule has 0 aliphatic carbocycles. The second kappa shape index (κ2) is 4.98. The lowest BCUT2D eigenvalue weighted by Crippen LogP contribution is -2.30. The molecule has 2 rings (SSSR count). The molecule has 0 atom stereocenters. The number of aliphatic hydroxyl groups is 1. The summed E-state index contributed by atoms with van der Waals surface area (Å²) in [7, 11) is 0. The third kappa shape index (κ3) is 2.56. The molecule has 5 nitrogen and oxygen atoms in total. The molecule has 14 heavy (non-hydrogen) atoms. The standard InChI is InChI=1S/C5H5NO3.C4H4O/c7-3-6-4(8)1-2-5(6)9;1-2-4-5-3-1/h1-2,7H,3H2;1-4H. The molecule has 2 heterocycles. The van der Waals surface area contributed by atoms with Crippen molar-refractivity contribution in [2.45, 2.75) is 0 Å². The van der Waals surface area contributed by atoms with Crippen LogP contribution in [0.2, 0.25) is 0 Å². The highest BCUT2D eigenvalue weighted by atomic mass is 16.3. The lowest BCUT2D eigenvalue weighted by atomic mass is 10.6. The summed E-state index contributed by atoms with van der Waals surface area (Å²) in [5, 5.41) is 8.35. The number of furan rings is 1. The van der Waals surface area contributed by atoms with Gasteiger partial charge in [-0.15, -0.1) is 0 Å². The van der Waals surface area contributed by atoms with E-state index in [0.717, 1.165) is 17.1 Å². The number of hydrogen-bond donors (Lipinski definition) is 1. The molecular weight excluding hydrogens is 186 g/mol. The molecule has 0 fully saturated rings. The molecule has 74 valence electrons. The van der Waals surface area contributed by atoms with Gasteiger partial charge in [-0.05, 0) is 12.1 Å². The Hall–Kier alpha value is -1.88. The van der Waals surface area contributed by atoms with Gasteiger partial charge in [-0.2, -0.15) is 0 Å². The van der Waals surface area contributed by atoms with Crippen molar-refractivity contribution < 1.29 is 19.1 Å². The highest BCUT2D eigenvalue weighted by Gasteiger charge is 2.21. The summed E-state index contributed by atoms with van der Waals surface area (Å²) in [6.07, 6.45) is 5.50. The van der Waals surface area contributed by atoms with Crippen LogP contribution in [0.25, 0.3) is 0 Å². The number of amides is 2. The van der Waals surface area contributed by atoms with Crippen LogP contribution in [0.15, 0.2) is 41.2 Å². The summed E-state index contributed by atoms with van der Waals surface area (Å²) >= 11 is 0. The quantitative estimate of drug-likeness (QED) is 0.647. The smallest absolute Gasteiger partial charge is 0.255 e. The number of carbonyl (C=O) groups excluding carboxylic acids is 2. The lowest BCUT2D eigenvalue weighted by molar-refractivity contribution is -0.140. The molecule has 1 aromatic heterocycles. The molecule has 0 aromatic carbocycles. The van der Waals surface area contributed by atoms with Crippen LogP contribution in [0, 0.1) is 0 Å². The topological polar surface area (TPSA) is 70.8 Å². The van der Waals surface area contributed by atoms with E-state index in [-0.39, 0.29) is 0 Å². The molecule has 0 saturated carbocycles. The maximum Gasteiger partial charge on any atom is 0.255 e. The van der Waals surface area contributed by atoms with Crippen LogP contribution < -0.4 is 0 Å². The first-order valence-electron chi connectivity index (χ1n) is 3.87. The van der Waals surface area contributed by atoms with E-state index in [2.05, 4.69) is 4.42 Å². The van der Waals surface area contributed by atoms with E-state index in [1.54, 1.807) is 12.5 Å². The van der Waals surface area contributed by atoms with E-state index >= 15 is 0 Å². The van der Waals surface area contributed by atoms with Gasteiger partial charge in [0.2, 0.25) is 0 Å². The molecule has 1 aliphatic rings. The maximum absolute atomic E-state index is 10.5. The van der Waals surface area contributed by atoms with E-state index in [4.69, 9.17) is 5.11 Å². The summed E-state index contributed by atoms with van der Waals surface area (Å²) in [4.78, 5) is 21.7. The van der Waals surface area contributed by atoms with E-state index in [9.17, 15) is 9.59 Å². The average Bonchev–Trinajstić information content (AvgIpc) is 2.80. The van der Waals surface area contributed by atoms with Gasteiger partial charge in [-0.3, -0.25) is 14.5 Å². The van der Waals surface area contributed by atoms with Gasteiger partial charge < -0.3 is 9.52 Å². The van der Waals surface area contributed by atoms with E-state index in [1.807, 2.05) is 12.1 Å². The van der Waals surface area contributed by atoms with Crippen molar-refractivity contribution in [2.75, 3.05) is 6.73 Å². The third-order valence-corrected chi connectivity index (χ3v) is 1.47. The molecular formula is C9H9NO4. The molecule has 2 amide bonds. The van der Waals surface area contributed by atoms with Crippen molar-refractivity contribution >= 4 is 11.8 Å². The van der Waals surface area contributed by atoms with Crippen LogP contribution in [-0.2, 0) is 9.59 Å². The normalized spacial score (nSPS) is 14.2. The van der Waals surface area contributed by atoms with E-state index in [0.29, 0.717) is 0 Å². The number of rotatable bonds is 1. The predicted molar refractivity (Wildman–Crippen MR) is 46.8 cm³/mol. The minimum atomic E-state index is -0.537. The summed E-state index contributed by atoms with van der Waals surface area (Å²) in [6, 6.07) is 3.67. The number of carbonyl (C=O) groups is 2. The second-order valence-corrected chi connectivity index (χ2v) is 2.37.